The second kappa shape index (κ2) is 4.65. The lowest BCUT2D eigenvalue weighted by Crippen LogP contribution is -2.21. The standard InChI is InChI=1S/C6H11F2N.C2H6/c1-2-5-3-6(7,8)4-9-5;1-2/h5,9H,2-4H2,1H3;1-2H3. The number of halogens is 2. The molecule has 3 heteroatoms. The highest BCUT2D eigenvalue weighted by atomic mass is 19.3. The van der Waals surface area contributed by atoms with E-state index in [0.29, 0.717) is 0 Å². The zero-order valence-corrected chi connectivity index (χ0v) is 7.45. The zero-order valence-electron chi connectivity index (χ0n) is 7.45. The van der Waals surface area contributed by atoms with Crippen LogP contribution in [0.5, 0.6) is 0 Å². The van der Waals surface area contributed by atoms with Crippen LogP contribution in [0.25, 0.3) is 0 Å². The van der Waals surface area contributed by atoms with Gasteiger partial charge in [-0.2, -0.15) is 0 Å². The van der Waals surface area contributed by atoms with Gasteiger partial charge in [-0.05, 0) is 6.42 Å². The molecule has 1 fully saturated rings. The van der Waals surface area contributed by atoms with Gasteiger partial charge in [0, 0.05) is 12.5 Å². The molecule has 1 N–H and O–H groups in total. The van der Waals surface area contributed by atoms with Crippen LogP contribution < -0.4 is 5.32 Å². The third-order valence-electron chi connectivity index (χ3n) is 1.69. The van der Waals surface area contributed by atoms with Gasteiger partial charge in [0.25, 0.3) is 5.92 Å². The topological polar surface area (TPSA) is 12.0 Å². The summed E-state index contributed by atoms with van der Waals surface area (Å²) in [4.78, 5) is 0. The predicted octanol–water partition coefficient (Wildman–Crippen LogP) is 2.42. The summed E-state index contributed by atoms with van der Waals surface area (Å²) in [7, 11) is 0. The first-order chi connectivity index (χ1) is 5.14. The molecule has 0 amide bonds. The molecule has 11 heavy (non-hydrogen) atoms. The van der Waals surface area contributed by atoms with Crippen LogP contribution in [-0.2, 0) is 0 Å². The van der Waals surface area contributed by atoms with Crippen LogP contribution in [0.3, 0.4) is 0 Å². The summed E-state index contributed by atoms with van der Waals surface area (Å²) in [5.74, 6) is -2.44. The normalized spacial score (nSPS) is 27.5. The van der Waals surface area contributed by atoms with Crippen molar-refractivity contribution in [1.29, 1.82) is 0 Å². The highest BCUT2D eigenvalue weighted by Gasteiger charge is 2.37. The molecule has 1 heterocycles. The third-order valence-corrected chi connectivity index (χ3v) is 1.69. The average molecular weight is 165 g/mol. The zero-order chi connectivity index (χ0) is 8.91. The van der Waals surface area contributed by atoms with E-state index in [9.17, 15) is 8.78 Å². The van der Waals surface area contributed by atoms with E-state index in [1.54, 1.807) is 0 Å². The molecule has 68 valence electrons. The number of nitrogens with one attached hydrogen (secondary N) is 1. The minimum Gasteiger partial charge on any atom is -0.308 e. The van der Waals surface area contributed by atoms with Crippen molar-refractivity contribution in [2.45, 2.75) is 45.6 Å². The maximum Gasteiger partial charge on any atom is 0.261 e. The molecule has 0 radical (unpaired) electrons. The van der Waals surface area contributed by atoms with E-state index in [-0.39, 0.29) is 19.0 Å². The molecule has 0 bridgehead atoms. The Bertz CT molecular complexity index is 104. The molecule has 0 saturated carbocycles. The monoisotopic (exact) mass is 165 g/mol. The largest absolute Gasteiger partial charge is 0.308 e. The van der Waals surface area contributed by atoms with Gasteiger partial charge in [0.15, 0.2) is 0 Å². The molecule has 0 aromatic heterocycles. The van der Waals surface area contributed by atoms with Gasteiger partial charge in [0.2, 0.25) is 0 Å². The molecule has 1 unspecified atom stereocenters. The van der Waals surface area contributed by atoms with Crippen LogP contribution in [-0.4, -0.2) is 18.5 Å². The number of hydrogen-bond donors (Lipinski definition) is 1. The molecule has 1 saturated heterocycles. The lowest BCUT2D eigenvalue weighted by atomic mass is 10.1. The number of rotatable bonds is 1. The third kappa shape index (κ3) is 3.65. The van der Waals surface area contributed by atoms with Crippen LogP contribution in [0, 0.1) is 0 Å². The van der Waals surface area contributed by atoms with E-state index >= 15 is 0 Å². The van der Waals surface area contributed by atoms with Crippen LogP contribution in [0.2, 0.25) is 0 Å². The average Bonchev–Trinajstić information content (AvgIpc) is 2.34. The van der Waals surface area contributed by atoms with E-state index in [2.05, 4.69) is 5.32 Å². The van der Waals surface area contributed by atoms with E-state index in [1.807, 2.05) is 20.8 Å². The Hall–Kier alpha value is -0.180. The van der Waals surface area contributed by atoms with Crippen molar-refractivity contribution in [3.63, 3.8) is 0 Å². The summed E-state index contributed by atoms with van der Waals surface area (Å²) in [6.45, 7) is 5.78. The van der Waals surface area contributed by atoms with Crippen LogP contribution in [0.4, 0.5) is 8.78 Å². The van der Waals surface area contributed by atoms with Crippen molar-refractivity contribution in [2.75, 3.05) is 6.54 Å². The Labute approximate surface area is 67.2 Å². The maximum atomic E-state index is 12.3. The number of hydrogen-bond acceptors (Lipinski definition) is 1. The van der Waals surface area contributed by atoms with Gasteiger partial charge < -0.3 is 5.32 Å². The molecule has 0 aromatic carbocycles. The lowest BCUT2D eigenvalue weighted by molar-refractivity contribution is 0.0210. The molecule has 0 aliphatic carbocycles. The van der Waals surface area contributed by atoms with E-state index in [0.717, 1.165) is 6.42 Å². The smallest absolute Gasteiger partial charge is 0.261 e. The van der Waals surface area contributed by atoms with Crippen molar-refractivity contribution in [2.24, 2.45) is 0 Å². The molecular weight excluding hydrogens is 148 g/mol. The van der Waals surface area contributed by atoms with E-state index < -0.39 is 5.92 Å². The SMILES string of the molecule is CC.CCC1CC(F)(F)CN1. The van der Waals surface area contributed by atoms with Gasteiger partial charge in [-0.3, -0.25) is 0 Å². The Morgan fingerprint density at radius 3 is 2.18 bits per heavy atom. The summed E-state index contributed by atoms with van der Waals surface area (Å²) in [6.07, 6.45) is 0.819. The minimum absolute atomic E-state index is 0.0174. The van der Waals surface area contributed by atoms with Crippen molar-refractivity contribution in [3.05, 3.63) is 0 Å². The quantitative estimate of drug-likeness (QED) is 0.629. The second-order valence-corrected chi connectivity index (χ2v) is 2.55. The fraction of sp³-hybridized carbons (Fsp3) is 1.00. The molecule has 1 rings (SSSR count). The summed E-state index contributed by atoms with van der Waals surface area (Å²) in [5.41, 5.74) is 0. The molecule has 1 aliphatic rings. The van der Waals surface area contributed by atoms with Crippen LogP contribution >= 0.6 is 0 Å². The van der Waals surface area contributed by atoms with Gasteiger partial charge in [-0.1, -0.05) is 20.8 Å². The fourth-order valence-corrected chi connectivity index (χ4v) is 1.09. The van der Waals surface area contributed by atoms with Crippen molar-refractivity contribution >= 4 is 0 Å². The summed E-state index contributed by atoms with van der Waals surface area (Å²) in [5, 5.41) is 2.75. The Morgan fingerprint density at radius 2 is 2.00 bits per heavy atom. The highest BCUT2D eigenvalue weighted by Crippen LogP contribution is 2.25. The molecular formula is C8H17F2N. The van der Waals surface area contributed by atoms with E-state index in [4.69, 9.17) is 0 Å². The van der Waals surface area contributed by atoms with Crippen LogP contribution in [0.15, 0.2) is 0 Å². The first-order valence-electron chi connectivity index (χ1n) is 4.25. The van der Waals surface area contributed by atoms with Crippen molar-refractivity contribution < 1.29 is 8.78 Å². The fourth-order valence-electron chi connectivity index (χ4n) is 1.09. The highest BCUT2D eigenvalue weighted by molar-refractivity contribution is 4.85. The van der Waals surface area contributed by atoms with Crippen molar-refractivity contribution in [3.8, 4) is 0 Å². The Balaban J connectivity index is 0.000000461. The van der Waals surface area contributed by atoms with Gasteiger partial charge in [0.1, 0.15) is 0 Å². The van der Waals surface area contributed by atoms with Gasteiger partial charge >= 0.3 is 0 Å². The first kappa shape index (κ1) is 10.8. The summed E-state index contributed by atoms with van der Waals surface area (Å²) in [6, 6.07) is 0.0417. The van der Waals surface area contributed by atoms with Crippen LogP contribution in [0.1, 0.15) is 33.6 Å². The molecule has 1 atom stereocenters. The lowest BCUT2D eigenvalue weighted by Gasteiger charge is -2.05. The first-order valence-corrected chi connectivity index (χ1v) is 4.25. The maximum absolute atomic E-state index is 12.3. The van der Waals surface area contributed by atoms with Gasteiger partial charge in [-0.25, -0.2) is 8.78 Å². The summed E-state index contributed by atoms with van der Waals surface area (Å²) < 4.78 is 24.6. The minimum atomic E-state index is -2.44. The molecule has 1 nitrogen and oxygen atoms in total. The molecule has 0 aromatic rings. The van der Waals surface area contributed by atoms with Gasteiger partial charge in [0.05, 0.1) is 6.54 Å². The predicted molar refractivity (Wildman–Crippen MR) is 43.0 cm³/mol. The Kier molecular flexibility index (Phi) is 4.57. The number of alkyl halides is 2. The molecule has 1 aliphatic heterocycles. The Morgan fingerprint density at radius 1 is 1.45 bits per heavy atom. The van der Waals surface area contributed by atoms with E-state index in [1.165, 1.54) is 0 Å². The molecule has 0 spiro atoms. The summed E-state index contributed by atoms with van der Waals surface area (Å²) >= 11 is 0. The van der Waals surface area contributed by atoms with Gasteiger partial charge in [-0.15, -0.1) is 0 Å². The second-order valence-electron chi connectivity index (χ2n) is 2.55. The van der Waals surface area contributed by atoms with Crippen molar-refractivity contribution in [1.82, 2.24) is 5.32 Å².